The van der Waals surface area contributed by atoms with E-state index >= 15 is 0 Å². The Morgan fingerprint density at radius 2 is 2.00 bits per heavy atom. The maximum absolute atomic E-state index is 11.3. The van der Waals surface area contributed by atoms with Crippen LogP contribution in [0.4, 0.5) is 0 Å². The third-order valence-electron chi connectivity index (χ3n) is 2.63. The highest BCUT2D eigenvalue weighted by molar-refractivity contribution is 5.83. The molecular weight excluding hydrogens is 188 g/mol. The van der Waals surface area contributed by atoms with Crippen molar-refractivity contribution in [1.82, 2.24) is 0 Å². The van der Waals surface area contributed by atoms with E-state index in [9.17, 15) is 4.79 Å². The van der Waals surface area contributed by atoms with E-state index in [4.69, 9.17) is 4.42 Å². The molecule has 0 N–H and O–H groups in total. The SMILES string of the molecule is Cc1cc(=O)oc2c(C(C)C)cccc12. The van der Waals surface area contributed by atoms with Crippen LogP contribution in [0.15, 0.2) is 33.5 Å². The van der Waals surface area contributed by atoms with E-state index in [1.807, 2.05) is 25.1 Å². The number of hydrogen-bond acceptors (Lipinski definition) is 2. The summed E-state index contributed by atoms with van der Waals surface area (Å²) in [6.07, 6.45) is 0. The first-order valence-corrected chi connectivity index (χ1v) is 5.13. The van der Waals surface area contributed by atoms with Crippen LogP contribution < -0.4 is 5.63 Å². The molecule has 0 amide bonds. The zero-order chi connectivity index (χ0) is 11.0. The van der Waals surface area contributed by atoms with Crippen molar-refractivity contribution >= 4 is 11.0 Å². The van der Waals surface area contributed by atoms with Crippen molar-refractivity contribution in [3.8, 4) is 0 Å². The van der Waals surface area contributed by atoms with Crippen molar-refractivity contribution in [1.29, 1.82) is 0 Å². The van der Waals surface area contributed by atoms with Gasteiger partial charge in [-0.3, -0.25) is 0 Å². The molecule has 15 heavy (non-hydrogen) atoms. The molecule has 0 radical (unpaired) electrons. The number of aryl methyl sites for hydroxylation is 1. The molecule has 0 bridgehead atoms. The second-order valence-corrected chi connectivity index (χ2v) is 4.13. The fourth-order valence-corrected chi connectivity index (χ4v) is 1.82. The van der Waals surface area contributed by atoms with Gasteiger partial charge in [-0.15, -0.1) is 0 Å². The van der Waals surface area contributed by atoms with Gasteiger partial charge in [0.05, 0.1) is 0 Å². The molecule has 78 valence electrons. The van der Waals surface area contributed by atoms with Crippen LogP contribution in [0.25, 0.3) is 11.0 Å². The van der Waals surface area contributed by atoms with E-state index in [1.54, 1.807) is 0 Å². The number of para-hydroxylation sites is 1. The Labute approximate surface area is 88.5 Å². The molecule has 0 fully saturated rings. The number of benzene rings is 1. The first-order valence-electron chi connectivity index (χ1n) is 5.13. The normalized spacial score (nSPS) is 11.2. The summed E-state index contributed by atoms with van der Waals surface area (Å²) in [4.78, 5) is 11.3. The lowest BCUT2D eigenvalue weighted by Crippen LogP contribution is -2.00. The van der Waals surface area contributed by atoms with E-state index in [-0.39, 0.29) is 5.63 Å². The van der Waals surface area contributed by atoms with Crippen LogP contribution in [0.5, 0.6) is 0 Å². The second kappa shape index (κ2) is 3.54. The minimum atomic E-state index is -0.270. The molecular formula is C13H14O2. The van der Waals surface area contributed by atoms with Gasteiger partial charge in [-0.05, 0) is 24.0 Å². The third kappa shape index (κ3) is 1.67. The van der Waals surface area contributed by atoms with Gasteiger partial charge in [0.25, 0.3) is 0 Å². The van der Waals surface area contributed by atoms with Crippen LogP contribution in [-0.2, 0) is 0 Å². The summed E-state index contributed by atoms with van der Waals surface area (Å²) >= 11 is 0. The molecule has 1 aromatic heterocycles. The van der Waals surface area contributed by atoms with Gasteiger partial charge in [-0.2, -0.15) is 0 Å². The van der Waals surface area contributed by atoms with Crippen molar-refractivity contribution in [2.75, 3.05) is 0 Å². The van der Waals surface area contributed by atoms with Gasteiger partial charge >= 0.3 is 5.63 Å². The van der Waals surface area contributed by atoms with Crippen molar-refractivity contribution in [3.63, 3.8) is 0 Å². The van der Waals surface area contributed by atoms with Gasteiger partial charge in [0.1, 0.15) is 5.58 Å². The zero-order valence-corrected chi connectivity index (χ0v) is 9.20. The predicted octanol–water partition coefficient (Wildman–Crippen LogP) is 3.22. The maximum Gasteiger partial charge on any atom is 0.336 e. The number of hydrogen-bond donors (Lipinski definition) is 0. The highest BCUT2D eigenvalue weighted by Crippen LogP contribution is 2.25. The predicted molar refractivity (Wildman–Crippen MR) is 61.3 cm³/mol. The van der Waals surface area contributed by atoms with Crippen LogP contribution >= 0.6 is 0 Å². The molecule has 2 heteroatoms. The Morgan fingerprint density at radius 1 is 1.27 bits per heavy atom. The Bertz CT molecular complexity index is 550. The van der Waals surface area contributed by atoms with Gasteiger partial charge in [-0.1, -0.05) is 32.0 Å². The molecule has 0 aliphatic carbocycles. The van der Waals surface area contributed by atoms with Crippen molar-refractivity contribution < 1.29 is 4.42 Å². The van der Waals surface area contributed by atoms with E-state index in [1.165, 1.54) is 6.07 Å². The topological polar surface area (TPSA) is 30.2 Å². The number of rotatable bonds is 1. The molecule has 0 saturated carbocycles. The molecule has 1 heterocycles. The summed E-state index contributed by atoms with van der Waals surface area (Å²) in [5.41, 5.74) is 2.53. The lowest BCUT2D eigenvalue weighted by molar-refractivity contribution is 0.553. The molecule has 0 atom stereocenters. The average molecular weight is 202 g/mol. The molecule has 2 aromatic rings. The van der Waals surface area contributed by atoms with Crippen LogP contribution in [-0.4, -0.2) is 0 Å². The van der Waals surface area contributed by atoms with E-state index in [0.717, 1.165) is 22.1 Å². The molecule has 0 aliphatic rings. The molecule has 0 spiro atoms. The fourth-order valence-electron chi connectivity index (χ4n) is 1.82. The fraction of sp³-hybridized carbons (Fsp3) is 0.308. The minimum absolute atomic E-state index is 0.270. The Balaban J connectivity index is 2.91. The molecule has 2 rings (SSSR count). The zero-order valence-electron chi connectivity index (χ0n) is 9.20. The molecule has 0 saturated heterocycles. The minimum Gasteiger partial charge on any atom is -0.422 e. The van der Waals surface area contributed by atoms with Crippen LogP contribution in [0, 0.1) is 6.92 Å². The molecule has 0 aliphatic heterocycles. The smallest absolute Gasteiger partial charge is 0.336 e. The maximum atomic E-state index is 11.3. The molecule has 0 unspecified atom stereocenters. The average Bonchev–Trinajstić information content (AvgIpc) is 2.16. The third-order valence-corrected chi connectivity index (χ3v) is 2.63. The first-order chi connectivity index (χ1) is 7.09. The Hall–Kier alpha value is -1.57. The van der Waals surface area contributed by atoms with Crippen LogP contribution in [0.3, 0.4) is 0 Å². The monoisotopic (exact) mass is 202 g/mol. The molecule has 1 aromatic carbocycles. The standard InChI is InChI=1S/C13H14O2/c1-8(2)10-5-4-6-11-9(3)7-12(14)15-13(10)11/h4-8H,1-3H3. The highest BCUT2D eigenvalue weighted by Gasteiger charge is 2.09. The van der Waals surface area contributed by atoms with E-state index in [0.29, 0.717) is 5.92 Å². The summed E-state index contributed by atoms with van der Waals surface area (Å²) in [5.74, 6) is 0.360. The summed E-state index contributed by atoms with van der Waals surface area (Å²) < 4.78 is 5.28. The van der Waals surface area contributed by atoms with Crippen molar-refractivity contribution in [2.45, 2.75) is 26.7 Å². The highest BCUT2D eigenvalue weighted by atomic mass is 16.4. The summed E-state index contributed by atoms with van der Waals surface area (Å²) in [5, 5.41) is 1.03. The number of fused-ring (bicyclic) bond motifs is 1. The van der Waals surface area contributed by atoms with Gasteiger partial charge in [0.2, 0.25) is 0 Å². The quantitative estimate of drug-likeness (QED) is 0.664. The first kappa shape index (κ1) is 9.97. The second-order valence-electron chi connectivity index (χ2n) is 4.13. The van der Waals surface area contributed by atoms with Crippen LogP contribution in [0.2, 0.25) is 0 Å². The van der Waals surface area contributed by atoms with Crippen LogP contribution in [0.1, 0.15) is 30.9 Å². The van der Waals surface area contributed by atoms with Gasteiger partial charge < -0.3 is 4.42 Å². The summed E-state index contributed by atoms with van der Waals surface area (Å²) in [6, 6.07) is 7.53. The van der Waals surface area contributed by atoms with Gasteiger partial charge in [-0.25, -0.2) is 4.79 Å². The van der Waals surface area contributed by atoms with Crippen molar-refractivity contribution in [2.24, 2.45) is 0 Å². The van der Waals surface area contributed by atoms with Gasteiger partial charge in [0, 0.05) is 11.5 Å². The molecule has 2 nitrogen and oxygen atoms in total. The van der Waals surface area contributed by atoms with E-state index in [2.05, 4.69) is 13.8 Å². The lowest BCUT2D eigenvalue weighted by Gasteiger charge is -2.08. The van der Waals surface area contributed by atoms with Crippen molar-refractivity contribution in [3.05, 3.63) is 45.8 Å². The van der Waals surface area contributed by atoms with E-state index < -0.39 is 0 Å². The Morgan fingerprint density at radius 3 is 2.67 bits per heavy atom. The summed E-state index contributed by atoms with van der Waals surface area (Å²) in [6.45, 7) is 6.12. The summed E-state index contributed by atoms with van der Waals surface area (Å²) in [7, 11) is 0. The largest absolute Gasteiger partial charge is 0.422 e. The lowest BCUT2D eigenvalue weighted by atomic mass is 9.99. The Kier molecular flexibility index (Phi) is 2.35. The van der Waals surface area contributed by atoms with Gasteiger partial charge in [0.15, 0.2) is 0 Å².